The SMILES string of the molecule is CC(C)(C)S(=O)(=O)N1CCC(C(=O)O)C[C@H]1C(F)(F)F. The first-order chi connectivity index (χ1) is 8.78. The van der Waals surface area contributed by atoms with E-state index < -0.39 is 51.8 Å². The summed E-state index contributed by atoms with van der Waals surface area (Å²) in [5.74, 6) is -2.50. The van der Waals surface area contributed by atoms with E-state index in [1.165, 1.54) is 20.8 Å². The minimum atomic E-state index is -4.79. The van der Waals surface area contributed by atoms with Crippen LogP contribution in [-0.2, 0) is 14.8 Å². The number of carbonyl (C=O) groups is 1. The third kappa shape index (κ3) is 3.25. The molecule has 0 amide bonds. The second-order valence-electron chi connectivity index (χ2n) is 5.85. The molecule has 0 aromatic heterocycles. The summed E-state index contributed by atoms with van der Waals surface area (Å²) in [7, 11) is -4.16. The van der Waals surface area contributed by atoms with Crippen LogP contribution in [0.25, 0.3) is 0 Å². The van der Waals surface area contributed by atoms with Gasteiger partial charge in [-0.15, -0.1) is 0 Å². The highest BCUT2D eigenvalue weighted by molar-refractivity contribution is 7.90. The van der Waals surface area contributed by atoms with Crippen LogP contribution in [0.15, 0.2) is 0 Å². The predicted octanol–water partition coefficient (Wildman–Crippen LogP) is 1.84. The van der Waals surface area contributed by atoms with Gasteiger partial charge in [0.25, 0.3) is 0 Å². The highest BCUT2D eigenvalue weighted by Gasteiger charge is 2.53. The van der Waals surface area contributed by atoms with Gasteiger partial charge in [0, 0.05) is 6.54 Å². The number of hydrogen-bond donors (Lipinski definition) is 1. The molecular weight excluding hydrogens is 299 g/mol. The summed E-state index contributed by atoms with van der Waals surface area (Å²) in [4.78, 5) is 10.8. The van der Waals surface area contributed by atoms with Crippen LogP contribution in [0, 0.1) is 5.92 Å². The molecule has 1 rings (SSSR count). The molecule has 1 aliphatic rings. The molecule has 1 aliphatic heterocycles. The van der Waals surface area contributed by atoms with E-state index in [1.807, 2.05) is 0 Å². The topological polar surface area (TPSA) is 74.7 Å². The lowest BCUT2D eigenvalue weighted by Crippen LogP contribution is -2.57. The number of halogens is 3. The third-order valence-corrected chi connectivity index (χ3v) is 5.97. The molecule has 20 heavy (non-hydrogen) atoms. The molecule has 0 aromatic carbocycles. The number of alkyl halides is 3. The zero-order chi connectivity index (χ0) is 15.9. The van der Waals surface area contributed by atoms with Gasteiger partial charge >= 0.3 is 12.1 Å². The summed E-state index contributed by atoms with van der Waals surface area (Å²) in [6.07, 6.45) is -5.64. The summed E-state index contributed by atoms with van der Waals surface area (Å²) < 4.78 is 62.6. The number of carboxylic acids is 1. The Morgan fingerprint density at radius 2 is 1.75 bits per heavy atom. The van der Waals surface area contributed by atoms with Crippen molar-refractivity contribution in [1.82, 2.24) is 4.31 Å². The zero-order valence-corrected chi connectivity index (χ0v) is 12.3. The van der Waals surface area contributed by atoms with Crippen LogP contribution >= 0.6 is 0 Å². The van der Waals surface area contributed by atoms with E-state index in [0.29, 0.717) is 4.31 Å². The highest BCUT2D eigenvalue weighted by atomic mass is 32.2. The Balaban J connectivity index is 3.17. The lowest BCUT2D eigenvalue weighted by atomic mass is 9.92. The molecule has 0 aliphatic carbocycles. The molecule has 118 valence electrons. The largest absolute Gasteiger partial charge is 0.481 e. The van der Waals surface area contributed by atoms with Crippen molar-refractivity contribution in [2.24, 2.45) is 5.92 Å². The summed E-state index contributed by atoms with van der Waals surface area (Å²) >= 11 is 0. The molecule has 2 atom stereocenters. The smallest absolute Gasteiger partial charge is 0.405 e. The van der Waals surface area contributed by atoms with Crippen molar-refractivity contribution in [1.29, 1.82) is 0 Å². The summed E-state index contributed by atoms with van der Waals surface area (Å²) in [6.45, 7) is 3.53. The maximum absolute atomic E-state index is 13.0. The number of carboxylic acid groups (broad SMARTS) is 1. The first-order valence-corrected chi connectivity index (χ1v) is 7.53. The van der Waals surface area contributed by atoms with Gasteiger partial charge in [-0.3, -0.25) is 4.79 Å². The van der Waals surface area contributed by atoms with Crippen molar-refractivity contribution in [3.05, 3.63) is 0 Å². The van der Waals surface area contributed by atoms with Gasteiger partial charge in [-0.2, -0.15) is 17.5 Å². The Kier molecular flexibility index (Phi) is 4.46. The van der Waals surface area contributed by atoms with E-state index in [9.17, 15) is 26.4 Å². The monoisotopic (exact) mass is 317 g/mol. The van der Waals surface area contributed by atoms with Gasteiger partial charge < -0.3 is 5.11 Å². The molecule has 1 N–H and O–H groups in total. The van der Waals surface area contributed by atoms with E-state index in [0.717, 1.165) is 0 Å². The predicted molar refractivity (Wildman–Crippen MR) is 65.6 cm³/mol. The van der Waals surface area contributed by atoms with Crippen LogP contribution in [0.4, 0.5) is 13.2 Å². The van der Waals surface area contributed by atoms with E-state index in [-0.39, 0.29) is 6.42 Å². The summed E-state index contributed by atoms with van der Waals surface area (Å²) in [6, 6.07) is -2.28. The van der Waals surface area contributed by atoms with Gasteiger partial charge in [-0.1, -0.05) is 0 Å². The third-order valence-electron chi connectivity index (χ3n) is 3.36. The van der Waals surface area contributed by atoms with E-state index in [4.69, 9.17) is 5.11 Å². The first kappa shape index (κ1) is 17.2. The van der Waals surface area contributed by atoms with Gasteiger partial charge in [-0.05, 0) is 33.6 Å². The molecule has 1 heterocycles. The second kappa shape index (κ2) is 5.18. The summed E-state index contributed by atoms with van der Waals surface area (Å²) in [5, 5.41) is 8.84. The first-order valence-electron chi connectivity index (χ1n) is 6.09. The van der Waals surface area contributed by atoms with Crippen LogP contribution in [0.2, 0.25) is 0 Å². The molecule has 1 saturated heterocycles. The maximum atomic E-state index is 13.0. The lowest BCUT2D eigenvalue weighted by molar-refractivity contribution is -0.184. The Hall–Kier alpha value is -0.830. The van der Waals surface area contributed by atoms with Crippen LogP contribution in [-0.4, -0.2) is 47.3 Å². The Labute approximate surface area is 115 Å². The fourth-order valence-corrected chi connectivity index (χ4v) is 3.69. The second-order valence-corrected chi connectivity index (χ2v) is 8.49. The number of aliphatic carboxylic acids is 1. The van der Waals surface area contributed by atoms with Crippen molar-refractivity contribution in [3.8, 4) is 0 Å². The van der Waals surface area contributed by atoms with Crippen molar-refractivity contribution in [2.45, 2.75) is 50.6 Å². The number of hydrogen-bond acceptors (Lipinski definition) is 3. The zero-order valence-electron chi connectivity index (χ0n) is 11.4. The van der Waals surface area contributed by atoms with Crippen LogP contribution in [0.3, 0.4) is 0 Å². The molecule has 0 radical (unpaired) electrons. The minimum absolute atomic E-state index is 0.114. The average molecular weight is 317 g/mol. The van der Waals surface area contributed by atoms with Gasteiger partial charge in [0.2, 0.25) is 10.0 Å². The molecule has 9 heteroatoms. The maximum Gasteiger partial charge on any atom is 0.405 e. The van der Waals surface area contributed by atoms with E-state index >= 15 is 0 Å². The lowest BCUT2D eigenvalue weighted by Gasteiger charge is -2.41. The minimum Gasteiger partial charge on any atom is -0.481 e. The summed E-state index contributed by atoms with van der Waals surface area (Å²) in [5.41, 5.74) is 0. The van der Waals surface area contributed by atoms with Crippen LogP contribution < -0.4 is 0 Å². The number of nitrogens with zero attached hydrogens (tertiary/aromatic N) is 1. The molecule has 5 nitrogen and oxygen atoms in total. The van der Waals surface area contributed by atoms with Gasteiger partial charge in [0.1, 0.15) is 6.04 Å². The Morgan fingerprint density at radius 1 is 1.25 bits per heavy atom. The van der Waals surface area contributed by atoms with Gasteiger partial charge in [0.05, 0.1) is 10.7 Å². The molecule has 0 saturated carbocycles. The highest BCUT2D eigenvalue weighted by Crippen LogP contribution is 2.38. The average Bonchev–Trinajstić information content (AvgIpc) is 2.25. The van der Waals surface area contributed by atoms with Crippen LogP contribution in [0.1, 0.15) is 33.6 Å². The number of rotatable bonds is 2. The van der Waals surface area contributed by atoms with E-state index in [1.54, 1.807) is 0 Å². The van der Waals surface area contributed by atoms with Crippen molar-refractivity contribution in [3.63, 3.8) is 0 Å². The standard InChI is InChI=1S/C11H18F3NO4S/c1-10(2,3)20(18,19)15-5-4-7(9(16)17)6-8(15)11(12,13)14/h7-8H,4-6H2,1-3H3,(H,16,17)/t7?,8-/m0/s1. The molecule has 0 bridgehead atoms. The molecular formula is C11H18F3NO4S. The fraction of sp³-hybridized carbons (Fsp3) is 0.909. The van der Waals surface area contributed by atoms with Crippen molar-refractivity contribution < 1.29 is 31.5 Å². The fourth-order valence-electron chi connectivity index (χ4n) is 2.10. The quantitative estimate of drug-likeness (QED) is 0.843. The molecule has 0 aromatic rings. The molecule has 0 spiro atoms. The van der Waals surface area contributed by atoms with Crippen molar-refractivity contribution in [2.75, 3.05) is 6.54 Å². The van der Waals surface area contributed by atoms with Crippen LogP contribution in [0.5, 0.6) is 0 Å². The Bertz CT molecular complexity index is 481. The normalized spacial score (nSPS) is 26.5. The van der Waals surface area contributed by atoms with E-state index in [2.05, 4.69) is 0 Å². The van der Waals surface area contributed by atoms with Gasteiger partial charge in [-0.25, -0.2) is 8.42 Å². The van der Waals surface area contributed by atoms with Gasteiger partial charge in [0.15, 0.2) is 0 Å². The number of piperidine rings is 1. The molecule has 1 fully saturated rings. The molecule has 1 unspecified atom stereocenters. The Morgan fingerprint density at radius 3 is 2.10 bits per heavy atom. The van der Waals surface area contributed by atoms with Crippen molar-refractivity contribution >= 4 is 16.0 Å². The number of sulfonamides is 1.